The molecule has 1 saturated heterocycles. The molecule has 30 heavy (non-hydrogen) atoms. The van der Waals surface area contributed by atoms with Gasteiger partial charge in [-0.15, -0.1) is 0 Å². The average molecular weight is 427 g/mol. The number of aliphatic hydroxyl groups is 2. The van der Waals surface area contributed by atoms with Crippen molar-refractivity contribution in [3.8, 4) is 0 Å². The van der Waals surface area contributed by atoms with Crippen molar-refractivity contribution >= 4 is 17.8 Å². The monoisotopic (exact) mass is 427 g/mol. The van der Waals surface area contributed by atoms with Crippen LogP contribution in [0.15, 0.2) is 37.3 Å². The van der Waals surface area contributed by atoms with Crippen molar-refractivity contribution in [3.63, 3.8) is 0 Å². The standard InChI is InChI=1S/C19H29N3O8/c1-6-14(25)21-12(10(4)23)7-15(26)22-19-16(20)18(29-11(5)24)17(27)13(30-19)8-28-9(2)3/h6,12-13,16-19,23,27H,1-2,4,7-8,20H2,3,5H3,(H,21,25)(H,22,26)/t12-,13+,16+,17+,18+,19+/m0/s1. The third-order valence-electron chi connectivity index (χ3n) is 4.16. The van der Waals surface area contributed by atoms with Gasteiger partial charge in [-0.1, -0.05) is 19.7 Å². The second kappa shape index (κ2) is 11.3. The summed E-state index contributed by atoms with van der Waals surface area (Å²) in [5.41, 5.74) is 6.04. The Morgan fingerprint density at radius 3 is 2.43 bits per heavy atom. The summed E-state index contributed by atoms with van der Waals surface area (Å²) < 4.78 is 16.0. The minimum Gasteiger partial charge on any atom is -0.511 e. The van der Waals surface area contributed by atoms with Gasteiger partial charge in [0, 0.05) is 6.92 Å². The van der Waals surface area contributed by atoms with Crippen LogP contribution in [0.4, 0.5) is 0 Å². The number of hydrogen-bond acceptors (Lipinski definition) is 9. The number of ether oxygens (including phenoxy) is 3. The van der Waals surface area contributed by atoms with Crippen molar-refractivity contribution in [1.82, 2.24) is 10.6 Å². The zero-order valence-electron chi connectivity index (χ0n) is 17.0. The number of amides is 2. The normalized spacial score (nSPS) is 26.6. The molecule has 6 atom stereocenters. The van der Waals surface area contributed by atoms with Crippen molar-refractivity contribution in [1.29, 1.82) is 0 Å². The minimum absolute atomic E-state index is 0.126. The van der Waals surface area contributed by atoms with Crippen LogP contribution >= 0.6 is 0 Å². The van der Waals surface area contributed by atoms with Crippen LogP contribution in [-0.2, 0) is 28.6 Å². The molecule has 0 aromatic rings. The van der Waals surface area contributed by atoms with Crippen molar-refractivity contribution < 1.29 is 38.8 Å². The van der Waals surface area contributed by atoms with Gasteiger partial charge in [-0.2, -0.15) is 0 Å². The van der Waals surface area contributed by atoms with Crippen LogP contribution in [0.5, 0.6) is 0 Å². The molecule has 0 radical (unpaired) electrons. The Bertz CT molecular complexity index is 695. The number of hydrogen-bond donors (Lipinski definition) is 5. The van der Waals surface area contributed by atoms with E-state index in [1.807, 2.05) is 0 Å². The van der Waals surface area contributed by atoms with Crippen LogP contribution in [0.25, 0.3) is 0 Å². The van der Waals surface area contributed by atoms with E-state index in [0.717, 1.165) is 13.0 Å². The quantitative estimate of drug-likeness (QED) is 0.169. The highest BCUT2D eigenvalue weighted by molar-refractivity contribution is 5.88. The molecular formula is C19H29N3O8. The summed E-state index contributed by atoms with van der Waals surface area (Å²) in [4.78, 5) is 35.3. The molecular weight excluding hydrogens is 398 g/mol. The SMILES string of the molecule is C=CC(=O)N[C@@H](CC(=O)N[C@@H]1O[C@H](COC(=C)C)[C@@H](O)[C@H](OC(C)=O)[C@H]1N)C(=C)O. The van der Waals surface area contributed by atoms with E-state index in [0.29, 0.717) is 5.76 Å². The first kappa shape index (κ1) is 25.1. The number of carbonyl (C=O) groups excluding carboxylic acids is 3. The van der Waals surface area contributed by atoms with Gasteiger partial charge in [-0.25, -0.2) is 0 Å². The molecule has 0 aromatic heterocycles. The predicted octanol–water partition coefficient (Wildman–Crippen LogP) is -0.870. The van der Waals surface area contributed by atoms with E-state index in [1.165, 1.54) is 0 Å². The fourth-order valence-corrected chi connectivity index (χ4v) is 2.69. The van der Waals surface area contributed by atoms with Gasteiger partial charge in [-0.3, -0.25) is 14.4 Å². The van der Waals surface area contributed by atoms with Crippen LogP contribution in [0.1, 0.15) is 20.3 Å². The summed E-state index contributed by atoms with van der Waals surface area (Å²) in [5.74, 6) is -2.01. The number of nitrogens with one attached hydrogen (secondary N) is 2. The van der Waals surface area contributed by atoms with Gasteiger partial charge < -0.3 is 40.8 Å². The van der Waals surface area contributed by atoms with Crippen LogP contribution in [0.2, 0.25) is 0 Å². The van der Waals surface area contributed by atoms with E-state index in [2.05, 4.69) is 30.4 Å². The molecule has 168 valence electrons. The van der Waals surface area contributed by atoms with Gasteiger partial charge in [0.05, 0.1) is 24.3 Å². The van der Waals surface area contributed by atoms with Crippen LogP contribution < -0.4 is 16.4 Å². The Morgan fingerprint density at radius 2 is 1.93 bits per heavy atom. The molecule has 2 amide bonds. The number of carbonyl (C=O) groups is 3. The molecule has 1 fully saturated rings. The molecule has 1 aliphatic rings. The largest absolute Gasteiger partial charge is 0.511 e. The zero-order valence-corrected chi connectivity index (χ0v) is 17.0. The highest BCUT2D eigenvalue weighted by Crippen LogP contribution is 2.22. The summed E-state index contributed by atoms with van der Waals surface area (Å²) >= 11 is 0. The third kappa shape index (κ3) is 7.50. The third-order valence-corrected chi connectivity index (χ3v) is 4.16. The van der Waals surface area contributed by atoms with E-state index in [-0.39, 0.29) is 13.0 Å². The van der Waals surface area contributed by atoms with Crippen molar-refractivity contribution in [2.45, 2.75) is 56.9 Å². The Balaban J connectivity index is 2.91. The summed E-state index contributed by atoms with van der Waals surface area (Å²) in [6.07, 6.45) is -4.04. The lowest BCUT2D eigenvalue weighted by molar-refractivity contribution is -0.211. The molecule has 0 bridgehead atoms. The molecule has 11 heteroatoms. The van der Waals surface area contributed by atoms with Gasteiger partial charge in [0.15, 0.2) is 0 Å². The maximum Gasteiger partial charge on any atom is 0.303 e. The van der Waals surface area contributed by atoms with Gasteiger partial charge >= 0.3 is 5.97 Å². The maximum absolute atomic E-state index is 12.4. The Hall–Kier alpha value is -2.89. The number of aliphatic hydroxyl groups excluding tert-OH is 2. The van der Waals surface area contributed by atoms with E-state index in [1.54, 1.807) is 6.92 Å². The first-order chi connectivity index (χ1) is 14.0. The zero-order chi connectivity index (χ0) is 23.0. The van der Waals surface area contributed by atoms with Gasteiger partial charge in [0.1, 0.15) is 36.9 Å². The summed E-state index contributed by atoms with van der Waals surface area (Å²) in [6, 6.07) is -2.18. The van der Waals surface area contributed by atoms with E-state index >= 15 is 0 Å². The topological polar surface area (TPSA) is 169 Å². The number of rotatable bonds is 10. The lowest BCUT2D eigenvalue weighted by Gasteiger charge is -2.42. The molecule has 0 saturated carbocycles. The molecule has 0 unspecified atom stereocenters. The smallest absolute Gasteiger partial charge is 0.303 e. The van der Waals surface area contributed by atoms with Gasteiger partial charge in [-0.05, 0) is 13.0 Å². The molecule has 1 heterocycles. The average Bonchev–Trinajstić information content (AvgIpc) is 2.65. The number of allylic oxidation sites excluding steroid dienone is 1. The Labute approximate surface area is 174 Å². The maximum atomic E-state index is 12.4. The van der Waals surface area contributed by atoms with Crippen LogP contribution in [0.3, 0.4) is 0 Å². The fourth-order valence-electron chi connectivity index (χ4n) is 2.69. The highest BCUT2D eigenvalue weighted by Gasteiger charge is 2.46. The highest BCUT2D eigenvalue weighted by atomic mass is 16.6. The predicted molar refractivity (Wildman–Crippen MR) is 106 cm³/mol. The molecule has 0 aromatic carbocycles. The summed E-state index contributed by atoms with van der Waals surface area (Å²) in [5, 5.41) is 24.9. The lowest BCUT2D eigenvalue weighted by Crippen LogP contribution is -2.67. The van der Waals surface area contributed by atoms with Gasteiger partial charge in [0.2, 0.25) is 11.8 Å². The molecule has 11 nitrogen and oxygen atoms in total. The fraction of sp³-hybridized carbons (Fsp3) is 0.526. The molecule has 1 aliphatic heterocycles. The molecule has 6 N–H and O–H groups in total. The second-order valence-electron chi connectivity index (χ2n) is 6.78. The van der Waals surface area contributed by atoms with Crippen molar-refractivity contribution in [3.05, 3.63) is 37.3 Å². The first-order valence-electron chi connectivity index (χ1n) is 9.10. The number of esters is 1. The lowest BCUT2D eigenvalue weighted by atomic mass is 9.96. The first-order valence-corrected chi connectivity index (χ1v) is 9.10. The number of nitrogens with two attached hydrogens (primary N) is 1. The van der Waals surface area contributed by atoms with Crippen molar-refractivity contribution in [2.24, 2.45) is 5.73 Å². The van der Waals surface area contributed by atoms with Crippen LogP contribution in [-0.4, -0.2) is 71.2 Å². The Kier molecular flexibility index (Phi) is 9.50. The van der Waals surface area contributed by atoms with Crippen molar-refractivity contribution in [2.75, 3.05) is 6.61 Å². The molecule has 1 rings (SSSR count). The van der Waals surface area contributed by atoms with E-state index in [9.17, 15) is 24.6 Å². The van der Waals surface area contributed by atoms with E-state index < -0.39 is 60.2 Å². The van der Waals surface area contributed by atoms with Crippen LogP contribution in [0, 0.1) is 0 Å². The summed E-state index contributed by atoms with van der Waals surface area (Å²) in [7, 11) is 0. The molecule has 0 spiro atoms. The summed E-state index contributed by atoms with van der Waals surface area (Å²) in [6.45, 7) is 12.8. The second-order valence-corrected chi connectivity index (χ2v) is 6.78. The van der Waals surface area contributed by atoms with Gasteiger partial charge in [0.25, 0.3) is 0 Å². The molecule has 0 aliphatic carbocycles. The van der Waals surface area contributed by atoms with E-state index in [4.69, 9.17) is 19.9 Å². The minimum atomic E-state index is -1.31. The Morgan fingerprint density at radius 1 is 1.30 bits per heavy atom.